The number of anilines is 3. The molecule has 0 aliphatic heterocycles. The van der Waals surface area contributed by atoms with Crippen LogP contribution < -0.4 is 14.9 Å². The molecule has 0 saturated heterocycles. The van der Waals surface area contributed by atoms with E-state index in [1.165, 1.54) is 19.2 Å². The second kappa shape index (κ2) is 8.36. The van der Waals surface area contributed by atoms with Crippen molar-refractivity contribution < 1.29 is 13.3 Å². The van der Waals surface area contributed by atoms with Crippen LogP contribution in [0.5, 0.6) is 0 Å². The summed E-state index contributed by atoms with van der Waals surface area (Å²) in [5.41, 5.74) is 1.64. The van der Waals surface area contributed by atoms with E-state index in [0.29, 0.717) is 11.7 Å². The van der Waals surface area contributed by atoms with Gasteiger partial charge in [0, 0.05) is 30.0 Å². The molecule has 0 bridgehead atoms. The number of benzene rings is 2. The average molecular weight is 392 g/mol. The largest absolute Gasteiger partial charge is 0.369 e. The minimum absolute atomic E-state index is 0.159. The van der Waals surface area contributed by atoms with E-state index in [2.05, 4.69) is 35.7 Å². The van der Waals surface area contributed by atoms with Gasteiger partial charge in [0.1, 0.15) is 5.69 Å². The Labute approximate surface area is 159 Å². The number of hydrogen-bond donors (Lipinski definition) is 2. The van der Waals surface area contributed by atoms with Crippen LogP contribution in [0.25, 0.3) is 0 Å². The van der Waals surface area contributed by atoms with Crippen molar-refractivity contribution in [2.45, 2.75) is 31.7 Å². The van der Waals surface area contributed by atoms with E-state index >= 15 is 0 Å². The molecule has 0 spiro atoms. The molecule has 9 heteroatoms. The zero-order valence-electron chi connectivity index (χ0n) is 15.8. The number of nitro benzene ring substituents is 1. The summed E-state index contributed by atoms with van der Waals surface area (Å²) in [4.78, 5) is 12.8. The van der Waals surface area contributed by atoms with E-state index < -0.39 is 14.9 Å². The molecule has 0 aliphatic carbocycles. The molecule has 2 aromatic carbocycles. The fourth-order valence-corrected chi connectivity index (χ4v) is 3.54. The fourth-order valence-electron chi connectivity index (χ4n) is 2.79. The molecule has 2 aromatic rings. The molecule has 0 unspecified atom stereocenters. The van der Waals surface area contributed by atoms with Crippen LogP contribution in [-0.2, 0) is 10.0 Å². The first-order valence-corrected chi connectivity index (χ1v) is 10.0. The van der Waals surface area contributed by atoms with Crippen LogP contribution in [0.1, 0.15) is 20.8 Å². The van der Waals surface area contributed by atoms with Gasteiger partial charge in [0.2, 0.25) is 10.0 Å². The van der Waals surface area contributed by atoms with Crippen molar-refractivity contribution in [2.24, 2.45) is 0 Å². The number of hydrogen-bond acceptors (Lipinski definition) is 6. The highest BCUT2D eigenvalue weighted by atomic mass is 32.2. The number of nitrogens with zero attached hydrogens (tertiary/aromatic N) is 2. The van der Waals surface area contributed by atoms with Gasteiger partial charge in [-0.05, 0) is 64.2 Å². The monoisotopic (exact) mass is 392 g/mol. The van der Waals surface area contributed by atoms with Crippen molar-refractivity contribution in [3.05, 3.63) is 52.6 Å². The molecule has 8 nitrogen and oxygen atoms in total. The highest BCUT2D eigenvalue weighted by Crippen LogP contribution is 2.31. The molecule has 146 valence electrons. The lowest BCUT2D eigenvalue weighted by molar-refractivity contribution is -0.384. The van der Waals surface area contributed by atoms with Gasteiger partial charge in [-0.25, -0.2) is 13.1 Å². The van der Waals surface area contributed by atoms with E-state index in [0.717, 1.165) is 18.3 Å². The summed E-state index contributed by atoms with van der Waals surface area (Å²) in [6, 6.07) is 11.7. The highest BCUT2D eigenvalue weighted by Gasteiger charge is 2.20. The van der Waals surface area contributed by atoms with Crippen LogP contribution in [0.15, 0.2) is 47.4 Å². The van der Waals surface area contributed by atoms with Crippen LogP contribution in [0.3, 0.4) is 0 Å². The van der Waals surface area contributed by atoms with Crippen molar-refractivity contribution in [1.29, 1.82) is 0 Å². The Morgan fingerprint density at radius 3 is 2.26 bits per heavy atom. The van der Waals surface area contributed by atoms with Gasteiger partial charge in [-0.15, -0.1) is 0 Å². The molecule has 2 N–H and O–H groups in total. The van der Waals surface area contributed by atoms with Gasteiger partial charge in [-0.3, -0.25) is 10.1 Å². The minimum atomic E-state index is -3.76. The zero-order valence-corrected chi connectivity index (χ0v) is 16.6. The Morgan fingerprint density at radius 2 is 1.78 bits per heavy atom. The summed E-state index contributed by atoms with van der Waals surface area (Å²) < 4.78 is 25.9. The quantitative estimate of drug-likeness (QED) is 0.526. The Kier molecular flexibility index (Phi) is 6.40. The summed E-state index contributed by atoms with van der Waals surface area (Å²) >= 11 is 0. The van der Waals surface area contributed by atoms with Gasteiger partial charge in [-0.1, -0.05) is 0 Å². The molecule has 0 atom stereocenters. The van der Waals surface area contributed by atoms with Gasteiger partial charge >= 0.3 is 0 Å². The van der Waals surface area contributed by atoms with E-state index in [9.17, 15) is 18.5 Å². The first-order chi connectivity index (χ1) is 12.7. The number of sulfonamides is 1. The maximum absolute atomic E-state index is 11.9. The maximum Gasteiger partial charge on any atom is 0.294 e. The Morgan fingerprint density at radius 1 is 1.15 bits per heavy atom. The smallest absolute Gasteiger partial charge is 0.294 e. The summed E-state index contributed by atoms with van der Waals surface area (Å²) in [6.45, 7) is 7.17. The predicted molar refractivity (Wildman–Crippen MR) is 107 cm³/mol. The molecule has 0 aromatic heterocycles. The molecular weight excluding hydrogens is 368 g/mol. The van der Waals surface area contributed by atoms with Gasteiger partial charge in [0.15, 0.2) is 0 Å². The third-order valence-corrected chi connectivity index (χ3v) is 5.60. The molecule has 2 rings (SSSR count). The summed E-state index contributed by atoms with van der Waals surface area (Å²) in [7, 11) is -2.50. The lowest BCUT2D eigenvalue weighted by Gasteiger charge is -2.27. The predicted octanol–water partition coefficient (Wildman–Crippen LogP) is 3.48. The van der Waals surface area contributed by atoms with Crippen molar-refractivity contribution in [1.82, 2.24) is 4.72 Å². The Bertz CT molecular complexity index is 911. The first kappa shape index (κ1) is 20.7. The standard InChI is InChI=1S/C18H24N4O4S/c1-5-21(13(2)3)15-8-6-14(7-9-15)20-17-11-10-16(27(25,26)19-4)12-18(17)22(23)24/h6-13,19-20H,5H2,1-4H3. The topological polar surface area (TPSA) is 105 Å². The van der Waals surface area contributed by atoms with E-state index in [4.69, 9.17) is 0 Å². The Balaban J connectivity index is 2.33. The number of nitro groups is 1. The molecule has 0 radical (unpaired) electrons. The Hall–Kier alpha value is -2.65. The van der Waals surface area contributed by atoms with Crippen molar-refractivity contribution in [3.8, 4) is 0 Å². The third-order valence-electron chi connectivity index (χ3n) is 4.19. The maximum atomic E-state index is 11.9. The van der Waals surface area contributed by atoms with Crippen molar-refractivity contribution in [3.63, 3.8) is 0 Å². The normalized spacial score (nSPS) is 11.4. The molecular formula is C18H24N4O4S. The molecule has 0 saturated carbocycles. The highest BCUT2D eigenvalue weighted by molar-refractivity contribution is 7.89. The van der Waals surface area contributed by atoms with Crippen molar-refractivity contribution in [2.75, 3.05) is 23.8 Å². The van der Waals surface area contributed by atoms with Gasteiger partial charge < -0.3 is 10.2 Å². The average Bonchev–Trinajstić information content (AvgIpc) is 2.63. The molecule has 0 heterocycles. The number of nitrogens with one attached hydrogen (secondary N) is 2. The molecule has 0 fully saturated rings. The SMILES string of the molecule is CCN(c1ccc(Nc2ccc(S(=O)(=O)NC)cc2[N+](=O)[O-])cc1)C(C)C. The fraction of sp³-hybridized carbons (Fsp3) is 0.333. The summed E-state index contributed by atoms with van der Waals surface area (Å²) in [6.07, 6.45) is 0. The lowest BCUT2D eigenvalue weighted by Crippen LogP contribution is -2.30. The zero-order chi connectivity index (χ0) is 20.2. The van der Waals surface area contributed by atoms with Crippen LogP contribution >= 0.6 is 0 Å². The van der Waals surface area contributed by atoms with E-state index in [1.54, 1.807) is 0 Å². The van der Waals surface area contributed by atoms with Crippen LogP contribution in [-0.4, -0.2) is 33.0 Å². The second-order valence-electron chi connectivity index (χ2n) is 6.20. The van der Waals surface area contributed by atoms with Crippen LogP contribution in [0, 0.1) is 10.1 Å². The van der Waals surface area contributed by atoms with Crippen LogP contribution in [0.4, 0.5) is 22.7 Å². The molecule has 0 aliphatic rings. The van der Waals surface area contributed by atoms with Crippen molar-refractivity contribution >= 4 is 32.8 Å². The minimum Gasteiger partial charge on any atom is -0.369 e. The third kappa shape index (κ3) is 4.75. The summed E-state index contributed by atoms with van der Waals surface area (Å²) in [5.74, 6) is 0. The van der Waals surface area contributed by atoms with Gasteiger partial charge in [0.05, 0.1) is 9.82 Å². The van der Waals surface area contributed by atoms with E-state index in [-0.39, 0.29) is 16.3 Å². The second-order valence-corrected chi connectivity index (χ2v) is 8.08. The van der Waals surface area contributed by atoms with Crippen LogP contribution in [0.2, 0.25) is 0 Å². The lowest BCUT2D eigenvalue weighted by atomic mass is 10.2. The van der Waals surface area contributed by atoms with Gasteiger partial charge in [-0.2, -0.15) is 0 Å². The molecule has 27 heavy (non-hydrogen) atoms. The van der Waals surface area contributed by atoms with E-state index in [1.807, 2.05) is 24.3 Å². The summed E-state index contributed by atoms with van der Waals surface area (Å²) in [5, 5.41) is 14.4. The first-order valence-electron chi connectivity index (χ1n) is 8.55. The van der Waals surface area contributed by atoms with Gasteiger partial charge in [0.25, 0.3) is 5.69 Å². The number of rotatable bonds is 8. The molecule has 0 amide bonds.